The summed E-state index contributed by atoms with van der Waals surface area (Å²) in [6.45, 7) is 5.72. The fraction of sp³-hybridized carbons (Fsp3) is 0.688. The Hall–Kier alpha value is -1.46. The van der Waals surface area contributed by atoms with Crippen molar-refractivity contribution in [3.8, 4) is 0 Å². The van der Waals surface area contributed by atoms with Crippen LogP contribution in [0.2, 0.25) is 0 Å². The van der Waals surface area contributed by atoms with Crippen LogP contribution in [0.5, 0.6) is 0 Å². The number of aromatic nitrogens is 4. The minimum atomic E-state index is -1.19. The van der Waals surface area contributed by atoms with Gasteiger partial charge in [-0.05, 0) is 20.3 Å². The number of anilines is 1. The Kier molecular flexibility index (Phi) is 5.98. The molecule has 1 aliphatic heterocycles. The quantitative estimate of drug-likeness (QED) is 0.405. The van der Waals surface area contributed by atoms with Crippen molar-refractivity contribution in [3.63, 3.8) is 0 Å². The third kappa shape index (κ3) is 3.65. The van der Waals surface area contributed by atoms with Crippen molar-refractivity contribution in [1.82, 2.24) is 19.5 Å². The van der Waals surface area contributed by atoms with E-state index in [0.717, 1.165) is 12.2 Å². The number of hydrogen-bond acceptors (Lipinski definition) is 9. The Bertz CT molecular complexity index is 756. The molecule has 10 heteroatoms. The molecular formula is C16H25N5O4S. The third-order valence-electron chi connectivity index (χ3n) is 4.05. The Morgan fingerprint density at radius 1 is 1.31 bits per heavy atom. The zero-order valence-electron chi connectivity index (χ0n) is 15.0. The van der Waals surface area contributed by atoms with Gasteiger partial charge in [-0.2, -0.15) is 0 Å². The second-order valence-corrected chi connectivity index (χ2v) is 7.62. The molecule has 0 saturated carbocycles. The molecule has 0 aliphatic carbocycles. The molecule has 2 aromatic rings. The van der Waals surface area contributed by atoms with Crippen molar-refractivity contribution >= 4 is 28.7 Å². The highest BCUT2D eigenvalue weighted by atomic mass is 32.2. The van der Waals surface area contributed by atoms with E-state index in [1.165, 1.54) is 6.33 Å². The number of ether oxygens (including phenoxy) is 1. The van der Waals surface area contributed by atoms with Gasteiger partial charge in [0.15, 0.2) is 28.4 Å². The minimum absolute atomic E-state index is 0.163. The van der Waals surface area contributed by atoms with Crippen molar-refractivity contribution in [2.45, 2.75) is 62.9 Å². The summed E-state index contributed by atoms with van der Waals surface area (Å²) >= 11 is 1.54. The molecule has 4 atom stereocenters. The Balaban J connectivity index is 2.04. The van der Waals surface area contributed by atoms with E-state index >= 15 is 0 Å². The average Bonchev–Trinajstić information content (AvgIpc) is 3.14. The number of thioether (sulfide) groups is 1. The maximum Gasteiger partial charge on any atom is 0.191 e. The number of aliphatic hydroxyl groups is 3. The van der Waals surface area contributed by atoms with Crippen LogP contribution in [0.15, 0.2) is 11.5 Å². The number of rotatable bonds is 7. The maximum atomic E-state index is 10.3. The molecule has 1 fully saturated rings. The summed E-state index contributed by atoms with van der Waals surface area (Å²) in [5.74, 6) is 1.50. The summed E-state index contributed by atoms with van der Waals surface area (Å²) in [5.41, 5.74) is 1.08. The van der Waals surface area contributed by atoms with E-state index in [1.54, 1.807) is 16.3 Å². The van der Waals surface area contributed by atoms with Gasteiger partial charge in [-0.1, -0.05) is 18.7 Å². The third-order valence-corrected chi connectivity index (χ3v) is 5.11. The maximum absolute atomic E-state index is 10.3. The number of hydrogen-bond donors (Lipinski definition) is 4. The van der Waals surface area contributed by atoms with Crippen LogP contribution in [0.1, 0.15) is 33.4 Å². The van der Waals surface area contributed by atoms with Gasteiger partial charge >= 0.3 is 0 Å². The lowest BCUT2D eigenvalue weighted by atomic mass is 10.1. The zero-order valence-corrected chi connectivity index (χ0v) is 15.8. The van der Waals surface area contributed by atoms with E-state index < -0.39 is 24.5 Å². The Labute approximate surface area is 155 Å². The van der Waals surface area contributed by atoms with Gasteiger partial charge in [0.2, 0.25) is 0 Å². The fourth-order valence-electron chi connectivity index (χ4n) is 2.82. The lowest BCUT2D eigenvalue weighted by molar-refractivity contribution is -0.0511. The van der Waals surface area contributed by atoms with Crippen molar-refractivity contribution in [2.24, 2.45) is 0 Å². The van der Waals surface area contributed by atoms with E-state index in [1.807, 2.05) is 13.8 Å². The zero-order chi connectivity index (χ0) is 18.8. The number of fused-ring (bicyclic) bond motifs is 1. The lowest BCUT2D eigenvalue weighted by Crippen LogP contribution is -2.33. The van der Waals surface area contributed by atoms with E-state index in [4.69, 9.17) is 4.74 Å². The van der Waals surface area contributed by atoms with Crippen LogP contribution in [-0.2, 0) is 4.74 Å². The SMILES string of the molecule is CCCSc1nc(NC(C)C)c2ncn([C@@H]3O[C@H](CO)[C@@H](O)[C@H]3O)c2n1. The van der Waals surface area contributed by atoms with Crippen LogP contribution in [-0.4, -0.2) is 71.6 Å². The summed E-state index contributed by atoms with van der Waals surface area (Å²) in [6, 6.07) is 0.163. The van der Waals surface area contributed by atoms with E-state index in [9.17, 15) is 15.3 Å². The molecule has 0 radical (unpaired) electrons. The summed E-state index contributed by atoms with van der Waals surface area (Å²) in [5, 5.41) is 33.5. The van der Waals surface area contributed by atoms with Crippen LogP contribution in [0.4, 0.5) is 5.82 Å². The molecule has 0 aromatic carbocycles. The number of nitrogens with zero attached hydrogens (tertiary/aromatic N) is 4. The summed E-state index contributed by atoms with van der Waals surface area (Å²) < 4.78 is 7.20. The first-order valence-corrected chi connectivity index (χ1v) is 9.71. The molecule has 0 unspecified atom stereocenters. The van der Waals surface area contributed by atoms with Crippen LogP contribution in [0, 0.1) is 0 Å². The largest absolute Gasteiger partial charge is 0.394 e. The topological polar surface area (TPSA) is 126 Å². The van der Waals surface area contributed by atoms with E-state index in [2.05, 4.69) is 27.2 Å². The van der Waals surface area contributed by atoms with Gasteiger partial charge in [0.1, 0.15) is 18.3 Å². The molecule has 3 heterocycles. The van der Waals surface area contributed by atoms with Gasteiger partial charge in [-0.25, -0.2) is 15.0 Å². The van der Waals surface area contributed by atoms with Gasteiger partial charge in [0.05, 0.1) is 12.9 Å². The molecule has 26 heavy (non-hydrogen) atoms. The highest BCUT2D eigenvalue weighted by molar-refractivity contribution is 7.99. The van der Waals surface area contributed by atoms with Crippen molar-refractivity contribution < 1.29 is 20.1 Å². The van der Waals surface area contributed by atoms with Crippen LogP contribution in [0.3, 0.4) is 0 Å². The first kappa shape index (κ1) is 19.3. The van der Waals surface area contributed by atoms with Gasteiger partial charge < -0.3 is 25.4 Å². The van der Waals surface area contributed by atoms with Crippen molar-refractivity contribution in [2.75, 3.05) is 17.7 Å². The highest BCUT2D eigenvalue weighted by Crippen LogP contribution is 2.33. The first-order chi connectivity index (χ1) is 12.5. The predicted octanol–water partition coefficient (Wildman–Crippen LogP) is 0.760. The van der Waals surface area contributed by atoms with Crippen LogP contribution >= 0.6 is 11.8 Å². The summed E-state index contributed by atoms with van der Waals surface area (Å²) in [7, 11) is 0. The molecule has 1 saturated heterocycles. The normalized spacial score (nSPS) is 26.1. The second-order valence-electron chi connectivity index (χ2n) is 6.56. The molecule has 1 aliphatic rings. The number of imidazole rings is 1. The highest BCUT2D eigenvalue weighted by Gasteiger charge is 2.44. The van der Waals surface area contributed by atoms with Crippen molar-refractivity contribution in [1.29, 1.82) is 0 Å². The Morgan fingerprint density at radius 3 is 2.69 bits per heavy atom. The molecule has 0 amide bonds. The van der Waals surface area contributed by atoms with E-state index in [0.29, 0.717) is 22.1 Å². The van der Waals surface area contributed by atoms with Gasteiger partial charge in [0.25, 0.3) is 0 Å². The van der Waals surface area contributed by atoms with Crippen LogP contribution < -0.4 is 5.32 Å². The monoisotopic (exact) mass is 383 g/mol. The molecular weight excluding hydrogens is 358 g/mol. The average molecular weight is 383 g/mol. The fourth-order valence-corrected chi connectivity index (χ4v) is 3.52. The van der Waals surface area contributed by atoms with E-state index in [-0.39, 0.29) is 12.6 Å². The standard InChI is InChI=1S/C16H25N5O4S/c1-4-5-26-16-19-13(18-8(2)3)10-14(20-16)21(7-17-10)15-12(24)11(23)9(6-22)25-15/h7-9,11-12,15,22-24H,4-6H2,1-3H3,(H,18,19,20)/t9-,11-,12-,15-/m1/s1. The Morgan fingerprint density at radius 2 is 2.08 bits per heavy atom. The molecule has 144 valence electrons. The molecule has 4 N–H and O–H groups in total. The molecule has 9 nitrogen and oxygen atoms in total. The summed E-state index contributed by atoms with van der Waals surface area (Å²) in [4.78, 5) is 13.5. The number of nitrogens with one attached hydrogen (secondary N) is 1. The van der Waals surface area contributed by atoms with Gasteiger partial charge in [0, 0.05) is 11.8 Å². The molecule has 3 rings (SSSR count). The number of aliphatic hydroxyl groups excluding tert-OH is 3. The second kappa shape index (κ2) is 8.05. The minimum Gasteiger partial charge on any atom is -0.394 e. The lowest BCUT2D eigenvalue weighted by Gasteiger charge is -2.17. The van der Waals surface area contributed by atoms with Crippen molar-refractivity contribution in [3.05, 3.63) is 6.33 Å². The molecule has 0 spiro atoms. The predicted molar refractivity (Wildman–Crippen MR) is 98.1 cm³/mol. The summed E-state index contributed by atoms with van der Waals surface area (Å²) in [6.07, 6.45) is -1.58. The first-order valence-electron chi connectivity index (χ1n) is 8.72. The van der Waals surface area contributed by atoms with Gasteiger partial charge in [-0.15, -0.1) is 0 Å². The van der Waals surface area contributed by atoms with Crippen LogP contribution in [0.25, 0.3) is 11.2 Å². The molecule has 0 bridgehead atoms. The smallest absolute Gasteiger partial charge is 0.191 e. The molecule has 2 aromatic heterocycles. The van der Waals surface area contributed by atoms with Gasteiger partial charge in [-0.3, -0.25) is 4.57 Å².